The molecular weight excluding hydrogens is 314 g/mol. The number of sulfonamides is 1. The Morgan fingerprint density at radius 2 is 1.83 bits per heavy atom. The molecule has 0 amide bonds. The highest BCUT2D eigenvalue weighted by Gasteiger charge is 2.19. The molecule has 1 aromatic carbocycles. The van der Waals surface area contributed by atoms with Crippen LogP contribution in [0, 0.1) is 0 Å². The van der Waals surface area contributed by atoms with Crippen molar-refractivity contribution in [1.82, 2.24) is 19.7 Å². The summed E-state index contributed by atoms with van der Waals surface area (Å²) in [7, 11) is -2.11. The second-order valence-electron chi connectivity index (χ2n) is 5.68. The summed E-state index contributed by atoms with van der Waals surface area (Å²) in [5, 5.41) is 11.8. The number of aromatic nitrogens is 3. The fourth-order valence-corrected chi connectivity index (χ4v) is 3.64. The van der Waals surface area contributed by atoms with Crippen LogP contribution in [0.15, 0.2) is 35.5 Å². The molecule has 1 aromatic heterocycles. The zero-order chi connectivity index (χ0) is 16.3. The van der Waals surface area contributed by atoms with E-state index in [1.165, 1.54) is 31.1 Å². The molecule has 0 spiro atoms. The maximum Gasteiger partial charge on any atom is 0.240 e. The van der Waals surface area contributed by atoms with Crippen molar-refractivity contribution in [2.75, 3.05) is 12.4 Å². The van der Waals surface area contributed by atoms with E-state index in [9.17, 15) is 8.42 Å². The summed E-state index contributed by atoms with van der Waals surface area (Å²) < 4.78 is 26.4. The topological polar surface area (TPSA) is 88.9 Å². The SMILES string of the molecule is CNS(=O)(=O)c1ccc(NC2CCCCC2)c(-n2nccn2)c1. The molecule has 1 aliphatic rings. The number of rotatable bonds is 5. The van der Waals surface area contributed by atoms with E-state index in [0.717, 1.165) is 18.5 Å². The summed E-state index contributed by atoms with van der Waals surface area (Å²) in [6.45, 7) is 0. The quantitative estimate of drug-likeness (QED) is 0.871. The van der Waals surface area contributed by atoms with Crippen molar-refractivity contribution in [2.24, 2.45) is 0 Å². The highest BCUT2D eigenvalue weighted by atomic mass is 32.2. The third-order valence-electron chi connectivity index (χ3n) is 4.15. The Balaban J connectivity index is 1.98. The summed E-state index contributed by atoms with van der Waals surface area (Å²) >= 11 is 0. The average Bonchev–Trinajstić information content (AvgIpc) is 3.10. The molecule has 0 aliphatic heterocycles. The van der Waals surface area contributed by atoms with Crippen LogP contribution >= 0.6 is 0 Å². The van der Waals surface area contributed by atoms with Gasteiger partial charge in [-0.25, -0.2) is 13.1 Å². The first kappa shape index (κ1) is 15.9. The molecule has 1 fully saturated rings. The third kappa shape index (κ3) is 3.53. The van der Waals surface area contributed by atoms with Crippen LogP contribution in [0.1, 0.15) is 32.1 Å². The van der Waals surface area contributed by atoms with Gasteiger partial charge in [-0.15, -0.1) is 4.80 Å². The Bertz CT molecular complexity index is 752. The van der Waals surface area contributed by atoms with Gasteiger partial charge < -0.3 is 5.32 Å². The minimum atomic E-state index is -3.51. The summed E-state index contributed by atoms with van der Waals surface area (Å²) in [6.07, 6.45) is 9.13. The Labute approximate surface area is 136 Å². The molecule has 8 heteroatoms. The van der Waals surface area contributed by atoms with Crippen molar-refractivity contribution in [1.29, 1.82) is 0 Å². The molecular formula is C15H21N5O2S. The van der Waals surface area contributed by atoms with Crippen molar-refractivity contribution < 1.29 is 8.42 Å². The van der Waals surface area contributed by atoms with Gasteiger partial charge in [0.15, 0.2) is 0 Å². The molecule has 1 heterocycles. The normalized spacial score (nSPS) is 16.4. The maximum absolute atomic E-state index is 12.0. The van der Waals surface area contributed by atoms with Crippen molar-refractivity contribution in [3.63, 3.8) is 0 Å². The summed E-state index contributed by atoms with van der Waals surface area (Å²) in [6, 6.07) is 5.39. The fraction of sp³-hybridized carbons (Fsp3) is 0.467. The zero-order valence-electron chi connectivity index (χ0n) is 13.1. The molecule has 1 saturated carbocycles. The molecule has 0 unspecified atom stereocenters. The lowest BCUT2D eigenvalue weighted by Crippen LogP contribution is -2.24. The van der Waals surface area contributed by atoms with Crippen LogP contribution in [0.25, 0.3) is 5.69 Å². The van der Waals surface area contributed by atoms with E-state index in [1.54, 1.807) is 30.6 Å². The molecule has 2 N–H and O–H groups in total. The summed E-state index contributed by atoms with van der Waals surface area (Å²) in [5.74, 6) is 0. The van der Waals surface area contributed by atoms with Crippen molar-refractivity contribution >= 4 is 15.7 Å². The van der Waals surface area contributed by atoms with Gasteiger partial charge in [0.2, 0.25) is 10.0 Å². The van der Waals surface area contributed by atoms with E-state index >= 15 is 0 Å². The molecule has 7 nitrogen and oxygen atoms in total. The van der Waals surface area contributed by atoms with Crippen LogP contribution in [0.4, 0.5) is 5.69 Å². The fourth-order valence-electron chi connectivity index (χ4n) is 2.89. The summed E-state index contributed by atoms with van der Waals surface area (Å²) in [4.78, 5) is 1.64. The molecule has 2 aromatic rings. The van der Waals surface area contributed by atoms with Gasteiger partial charge >= 0.3 is 0 Å². The maximum atomic E-state index is 12.0. The van der Waals surface area contributed by atoms with Gasteiger partial charge in [0, 0.05) is 6.04 Å². The zero-order valence-corrected chi connectivity index (χ0v) is 13.9. The average molecular weight is 335 g/mol. The Morgan fingerprint density at radius 3 is 2.48 bits per heavy atom. The number of hydrogen-bond donors (Lipinski definition) is 2. The monoisotopic (exact) mass is 335 g/mol. The van der Waals surface area contributed by atoms with Crippen LogP contribution in [0.3, 0.4) is 0 Å². The van der Waals surface area contributed by atoms with E-state index in [-0.39, 0.29) is 4.90 Å². The van der Waals surface area contributed by atoms with Crippen LogP contribution in [-0.4, -0.2) is 36.5 Å². The van der Waals surface area contributed by atoms with E-state index < -0.39 is 10.0 Å². The van der Waals surface area contributed by atoms with E-state index in [2.05, 4.69) is 20.2 Å². The Hall–Kier alpha value is -1.93. The lowest BCUT2D eigenvalue weighted by molar-refractivity contribution is 0.462. The number of benzene rings is 1. The van der Waals surface area contributed by atoms with Crippen molar-refractivity contribution in [2.45, 2.75) is 43.0 Å². The predicted molar refractivity (Wildman–Crippen MR) is 88.1 cm³/mol. The molecule has 0 atom stereocenters. The molecule has 1 aliphatic carbocycles. The van der Waals surface area contributed by atoms with Crippen LogP contribution < -0.4 is 10.0 Å². The molecule has 0 bridgehead atoms. The van der Waals surface area contributed by atoms with E-state index in [1.807, 2.05) is 0 Å². The van der Waals surface area contributed by atoms with Crippen LogP contribution in [0.5, 0.6) is 0 Å². The van der Waals surface area contributed by atoms with Gasteiger partial charge in [0.05, 0.1) is 23.0 Å². The highest BCUT2D eigenvalue weighted by molar-refractivity contribution is 7.89. The van der Waals surface area contributed by atoms with Crippen molar-refractivity contribution in [3.8, 4) is 5.69 Å². The largest absolute Gasteiger partial charge is 0.381 e. The third-order valence-corrected chi connectivity index (χ3v) is 5.56. The summed E-state index contributed by atoms with van der Waals surface area (Å²) in [5.41, 5.74) is 1.49. The number of anilines is 1. The van der Waals surface area contributed by atoms with Gasteiger partial charge in [-0.3, -0.25) is 0 Å². The molecule has 0 saturated heterocycles. The van der Waals surface area contributed by atoms with E-state index in [0.29, 0.717) is 11.7 Å². The van der Waals surface area contributed by atoms with Crippen molar-refractivity contribution in [3.05, 3.63) is 30.6 Å². The minimum absolute atomic E-state index is 0.196. The molecule has 124 valence electrons. The first-order chi connectivity index (χ1) is 11.1. The molecule has 3 rings (SSSR count). The number of nitrogens with one attached hydrogen (secondary N) is 2. The van der Waals surface area contributed by atoms with Gasteiger partial charge in [0.1, 0.15) is 5.69 Å². The lowest BCUT2D eigenvalue weighted by atomic mass is 9.95. The molecule has 0 radical (unpaired) electrons. The minimum Gasteiger partial charge on any atom is -0.381 e. The number of nitrogens with zero attached hydrogens (tertiary/aromatic N) is 3. The number of hydrogen-bond acceptors (Lipinski definition) is 5. The van der Waals surface area contributed by atoms with Gasteiger partial charge in [-0.1, -0.05) is 19.3 Å². The first-order valence-corrected chi connectivity index (χ1v) is 9.29. The van der Waals surface area contributed by atoms with Gasteiger partial charge in [0.25, 0.3) is 0 Å². The smallest absolute Gasteiger partial charge is 0.240 e. The second-order valence-corrected chi connectivity index (χ2v) is 7.57. The standard InChI is InChI=1S/C15H21N5O2S/c1-16-23(21,22)13-7-8-14(19-12-5-3-2-4-6-12)15(11-13)20-17-9-10-18-20/h7-12,16,19H,2-6H2,1H3. The lowest BCUT2D eigenvalue weighted by Gasteiger charge is -2.25. The Kier molecular flexibility index (Phi) is 4.63. The highest BCUT2D eigenvalue weighted by Crippen LogP contribution is 2.27. The van der Waals surface area contributed by atoms with E-state index in [4.69, 9.17) is 0 Å². The van der Waals surface area contributed by atoms with Crippen LogP contribution in [-0.2, 0) is 10.0 Å². The predicted octanol–water partition coefficient (Wildman–Crippen LogP) is 1.92. The van der Waals surface area contributed by atoms with Crippen LogP contribution in [0.2, 0.25) is 0 Å². The Morgan fingerprint density at radius 1 is 1.13 bits per heavy atom. The van der Waals surface area contributed by atoms with Gasteiger partial charge in [-0.05, 0) is 38.1 Å². The first-order valence-electron chi connectivity index (χ1n) is 7.81. The van der Waals surface area contributed by atoms with Gasteiger partial charge in [-0.2, -0.15) is 10.2 Å². The molecule has 23 heavy (non-hydrogen) atoms. The second kappa shape index (κ2) is 6.67.